The lowest BCUT2D eigenvalue weighted by atomic mass is 10.1. The van der Waals surface area contributed by atoms with Crippen LogP contribution in [0.4, 0.5) is 0 Å². The molecule has 0 fully saturated rings. The zero-order chi connectivity index (χ0) is 16.7. The Morgan fingerprint density at radius 1 is 1.00 bits per heavy atom. The zero-order valence-corrected chi connectivity index (χ0v) is 14.1. The normalized spacial score (nSPS) is 11.3. The minimum Gasteiger partial charge on any atom is -0.478 e. The summed E-state index contributed by atoms with van der Waals surface area (Å²) in [7, 11) is 0. The minimum atomic E-state index is -0.940. The summed E-state index contributed by atoms with van der Waals surface area (Å²) < 4.78 is 4.65. The highest BCUT2D eigenvalue weighted by atomic mass is 32.2. The Bertz CT molecular complexity index is 682. The molecule has 0 aliphatic heterocycles. The maximum absolute atomic E-state index is 11.5. The molecule has 2 aromatic carbocycles. The first-order valence-corrected chi connectivity index (χ1v) is 8.32. The van der Waals surface area contributed by atoms with Gasteiger partial charge in [-0.25, -0.2) is 4.79 Å². The summed E-state index contributed by atoms with van der Waals surface area (Å²) in [6.07, 6.45) is 0. The second-order valence-electron chi connectivity index (χ2n) is 4.84. The maximum atomic E-state index is 11.5. The van der Waals surface area contributed by atoms with Gasteiger partial charge in [0.15, 0.2) is 0 Å². The van der Waals surface area contributed by atoms with Gasteiger partial charge in [0.05, 0.1) is 5.56 Å². The summed E-state index contributed by atoms with van der Waals surface area (Å²) in [6, 6.07) is 16.8. The van der Waals surface area contributed by atoms with Gasteiger partial charge in [-0.1, -0.05) is 36.4 Å². The molecule has 1 N–H and O–H groups in total. The minimum absolute atomic E-state index is 0.270. The number of carbonyl (C=O) groups is 1. The van der Waals surface area contributed by atoms with Gasteiger partial charge in [0.1, 0.15) is 5.84 Å². The second kappa shape index (κ2) is 8.39. The highest BCUT2D eigenvalue weighted by Gasteiger charge is 2.18. The Morgan fingerprint density at radius 3 is 2.13 bits per heavy atom. The van der Waals surface area contributed by atoms with E-state index in [0.29, 0.717) is 11.4 Å². The first kappa shape index (κ1) is 17.1. The number of carboxylic acid groups (broad SMARTS) is 1. The molecule has 23 heavy (non-hydrogen) atoms. The summed E-state index contributed by atoms with van der Waals surface area (Å²) in [4.78, 5) is 14.6. The van der Waals surface area contributed by atoms with Gasteiger partial charge < -0.3 is 10.0 Å². The maximum Gasteiger partial charge on any atom is 0.336 e. The van der Waals surface area contributed by atoms with E-state index in [1.165, 1.54) is 11.9 Å². The number of hydrogen-bond acceptors (Lipinski definition) is 3. The predicted molar refractivity (Wildman–Crippen MR) is 95.2 cm³/mol. The van der Waals surface area contributed by atoms with Crippen molar-refractivity contribution in [1.82, 2.24) is 4.90 Å². The molecular weight excluding hydrogens is 308 g/mol. The van der Waals surface area contributed by atoms with Crippen LogP contribution in [0.1, 0.15) is 29.8 Å². The van der Waals surface area contributed by atoms with Crippen molar-refractivity contribution < 1.29 is 9.90 Å². The van der Waals surface area contributed by atoms with Crippen molar-refractivity contribution >= 4 is 23.8 Å². The standard InChI is InChI=1S/C18H20N2O2S/c1-3-20(4-2)17(19-23-14-10-6-5-7-11-14)15-12-8-9-13-16(15)18(21)22/h5-13H,3-4H2,1-2H3,(H,21,22)/b19-17+. The van der Waals surface area contributed by atoms with Crippen molar-refractivity contribution in [3.05, 3.63) is 65.7 Å². The lowest BCUT2D eigenvalue weighted by Crippen LogP contribution is -2.32. The average Bonchev–Trinajstić information content (AvgIpc) is 2.59. The van der Waals surface area contributed by atoms with Crippen molar-refractivity contribution in [1.29, 1.82) is 0 Å². The molecule has 0 unspecified atom stereocenters. The van der Waals surface area contributed by atoms with E-state index < -0.39 is 5.97 Å². The van der Waals surface area contributed by atoms with Crippen molar-refractivity contribution in [3.8, 4) is 0 Å². The SMILES string of the molecule is CCN(CC)/C(=N/Sc1ccccc1)c1ccccc1C(=O)O. The molecule has 0 aliphatic rings. The van der Waals surface area contributed by atoms with Crippen LogP contribution in [0.25, 0.3) is 0 Å². The Morgan fingerprint density at radius 2 is 1.57 bits per heavy atom. The molecule has 0 atom stereocenters. The number of aromatic carboxylic acids is 1. The molecule has 2 aromatic rings. The van der Waals surface area contributed by atoms with Gasteiger partial charge in [-0.2, -0.15) is 4.40 Å². The Labute approximate surface area is 141 Å². The number of carboxylic acids is 1. The Kier molecular flexibility index (Phi) is 6.23. The van der Waals surface area contributed by atoms with Crippen LogP contribution in [-0.4, -0.2) is 34.9 Å². The molecule has 0 spiro atoms. The van der Waals surface area contributed by atoms with Crippen molar-refractivity contribution in [2.24, 2.45) is 4.40 Å². The molecule has 0 saturated heterocycles. The van der Waals surface area contributed by atoms with Crippen LogP contribution in [-0.2, 0) is 0 Å². The predicted octanol–water partition coefficient (Wildman–Crippen LogP) is 4.18. The monoisotopic (exact) mass is 328 g/mol. The van der Waals surface area contributed by atoms with E-state index in [4.69, 9.17) is 0 Å². The molecule has 120 valence electrons. The third-order valence-corrected chi connectivity index (χ3v) is 4.19. The number of rotatable bonds is 6. The fraction of sp³-hybridized carbons (Fsp3) is 0.222. The molecule has 0 amide bonds. The molecule has 0 aliphatic carbocycles. The van der Waals surface area contributed by atoms with Crippen LogP contribution in [0.2, 0.25) is 0 Å². The first-order chi connectivity index (χ1) is 11.2. The molecular formula is C18H20N2O2S. The summed E-state index contributed by atoms with van der Waals surface area (Å²) in [5.41, 5.74) is 0.916. The summed E-state index contributed by atoms with van der Waals surface area (Å²) in [5.74, 6) is -0.243. The fourth-order valence-corrected chi connectivity index (χ4v) is 2.93. The van der Waals surface area contributed by atoms with Gasteiger partial charge in [-0.15, -0.1) is 0 Å². The van der Waals surface area contributed by atoms with Gasteiger partial charge in [0, 0.05) is 35.5 Å². The first-order valence-electron chi connectivity index (χ1n) is 7.55. The van der Waals surface area contributed by atoms with Crippen molar-refractivity contribution in [3.63, 3.8) is 0 Å². The topological polar surface area (TPSA) is 52.9 Å². The molecule has 0 bridgehead atoms. The molecule has 0 aromatic heterocycles. The molecule has 0 heterocycles. The van der Waals surface area contributed by atoms with Crippen LogP contribution in [0.3, 0.4) is 0 Å². The van der Waals surface area contributed by atoms with Gasteiger partial charge >= 0.3 is 5.97 Å². The van der Waals surface area contributed by atoms with Crippen LogP contribution >= 0.6 is 11.9 Å². The van der Waals surface area contributed by atoms with E-state index in [1.807, 2.05) is 56.3 Å². The summed E-state index contributed by atoms with van der Waals surface area (Å²) >= 11 is 1.36. The second-order valence-corrected chi connectivity index (χ2v) is 5.68. The van der Waals surface area contributed by atoms with E-state index in [0.717, 1.165) is 18.0 Å². The van der Waals surface area contributed by atoms with Gasteiger partial charge in [0.2, 0.25) is 0 Å². The van der Waals surface area contributed by atoms with Crippen LogP contribution in [0, 0.1) is 0 Å². The Balaban J connectivity index is 2.44. The van der Waals surface area contributed by atoms with Gasteiger partial charge in [-0.05, 0) is 32.0 Å². The van der Waals surface area contributed by atoms with E-state index in [9.17, 15) is 9.90 Å². The molecule has 0 saturated carbocycles. The fourth-order valence-electron chi connectivity index (χ4n) is 2.24. The smallest absolute Gasteiger partial charge is 0.336 e. The molecule has 2 rings (SSSR count). The zero-order valence-electron chi connectivity index (χ0n) is 13.3. The van der Waals surface area contributed by atoms with E-state index in [-0.39, 0.29) is 5.56 Å². The average molecular weight is 328 g/mol. The van der Waals surface area contributed by atoms with E-state index >= 15 is 0 Å². The third kappa shape index (κ3) is 4.36. The summed E-state index contributed by atoms with van der Waals surface area (Å²) in [6.45, 7) is 5.60. The van der Waals surface area contributed by atoms with E-state index in [1.54, 1.807) is 12.1 Å². The lowest BCUT2D eigenvalue weighted by molar-refractivity contribution is 0.0696. The Hall–Kier alpha value is -2.27. The van der Waals surface area contributed by atoms with Gasteiger partial charge in [-0.3, -0.25) is 0 Å². The van der Waals surface area contributed by atoms with Crippen molar-refractivity contribution in [2.45, 2.75) is 18.7 Å². The third-order valence-electron chi connectivity index (χ3n) is 3.44. The van der Waals surface area contributed by atoms with Crippen LogP contribution < -0.4 is 0 Å². The number of nitrogens with zero attached hydrogens (tertiary/aromatic N) is 2. The number of amidine groups is 1. The van der Waals surface area contributed by atoms with Crippen LogP contribution in [0.5, 0.6) is 0 Å². The number of hydrogen-bond donors (Lipinski definition) is 1. The summed E-state index contributed by atoms with van der Waals surface area (Å²) in [5, 5.41) is 9.45. The van der Waals surface area contributed by atoms with Gasteiger partial charge in [0.25, 0.3) is 0 Å². The molecule has 0 radical (unpaired) electrons. The quantitative estimate of drug-likeness (QED) is 0.491. The largest absolute Gasteiger partial charge is 0.478 e. The van der Waals surface area contributed by atoms with E-state index in [2.05, 4.69) is 9.30 Å². The van der Waals surface area contributed by atoms with Crippen LogP contribution in [0.15, 0.2) is 63.9 Å². The lowest BCUT2D eigenvalue weighted by Gasteiger charge is -2.24. The molecule has 5 heteroatoms. The highest BCUT2D eigenvalue weighted by Crippen LogP contribution is 2.22. The highest BCUT2D eigenvalue weighted by molar-refractivity contribution is 7.98. The molecule has 4 nitrogen and oxygen atoms in total. The van der Waals surface area contributed by atoms with Crippen molar-refractivity contribution in [2.75, 3.05) is 13.1 Å². The number of benzene rings is 2.